The fraction of sp³-hybridized carbons (Fsp3) is 0.238. The SMILES string of the molecule is CSc1ncc(C(=O)N2CCCc3cc(S(C)(=O)=O)ccc32)n1-c1ccc(F)cc1. The summed E-state index contributed by atoms with van der Waals surface area (Å²) < 4.78 is 38.9. The van der Waals surface area contributed by atoms with Crippen molar-refractivity contribution in [2.75, 3.05) is 24.0 Å². The minimum atomic E-state index is -3.32. The van der Waals surface area contributed by atoms with Gasteiger partial charge in [-0.1, -0.05) is 11.8 Å². The molecule has 0 spiro atoms. The molecule has 3 aromatic rings. The number of hydrogen-bond donors (Lipinski definition) is 0. The van der Waals surface area contributed by atoms with E-state index in [0.717, 1.165) is 12.0 Å². The largest absolute Gasteiger partial charge is 0.307 e. The maximum Gasteiger partial charge on any atom is 0.276 e. The highest BCUT2D eigenvalue weighted by Crippen LogP contribution is 2.32. The molecule has 0 atom stereocenters. The van der Waals surface area contributed by atoms with E-state index in [1.54, 1.807) is 33.7 Å². The van der Waals surface area contributed by atoms with Gasteiger partial charge >= 0.3 is 0 Å². The van der Waals surface area contributed by atoms with Crippen LogP contribution in [0, 0.1) is 5.82 Å². The number of hydrogen-bond acceptors (Lipinski definition) is 5. The normalized spacial score (nSPS) is 13.9. The molecule has 2 aromatic carbocycles. The summed E-state index contributed by atoms with van der Waals surface area (Å²) in [6.07, 6.45) is 5.99. The average molecular weight is 446 g/mol. The highest BCUT2D eigenvalue weighted by Gasteiger charge is 2.28. The predicted molar refractivity (Wildman–Crippen MR) is 115 cm³/mol. The summed E-state index contributed by atoms with van der Waals surface area (Å²) in [6, 6.07) is 10.8. The standard InChI is InChI=1S/C21H20FN3O3S2/c1-29-21-23-13-19(25(21)16-7-5-15(22)6-8-16)20(26)24-11-3-4-14-12-17(30(2,27)28)9-10-18(14)24/h5-10,12-13H,3-4,11H2,1-2H3. The number of carbonyl (C=O) groups excluding carboxylic acids is 1. The summed E-state index contributed by atoms with van der Waals surface area (Å²) >= 11 is 1.39. The fourth-order valence-electron chi connectivity index (χ4n) is 3.62. The van der Waals surface area contributed by atoms with Crippen LogP contribution in [0.3, 0.4) is 0 Å². The van der Waals surface area contributed by atoms with Crippen LogP contribution in [0.5, 0.6) is 0 Å². The third kappa shape index (κ3) is 3.75. The van der Waals surface area contributed by atoms with Crippen molar-refractivity contribution in [2.24, 2.45) is 0 Å². The van der Waals surface area contributed by atoms with Gasteiger partial charge in [-0.2, -0.15) is 0 Å². The number of amides is 1. The van der Waals surface area contributed by atoms with E-state index in [0.29, 0.717) is 35.2 Å². The molecule has 0 unspecified atom stereocenters. The first-order chi connectivity index (χ1) is 14.3. The first-order valence-electron chi connectivity index (χ1n) is 9.32. The van der Waals surface area contributed by atoms with E-state index in [1.807, 2.05) is 6.26 Å². The second-order valence-corrected chi connectivity index (χ2v) is 9.85. The molecule has 0 aliphatic carbocycles. The number of carbonyl (C=O) groups is 1. The van der Waals surface area contributed by atoms with Crippen molar-refractivity contribution in [1.82, 2.24) is 9.55 Å². The Labute approximate surface area is 178 Å². The van der Waals surface area contributed by atoms with Crippen LogP contribution < -0.4 is 4.90 Å². The van der Waals surface area contributed by atoms with Crippen LogP contribution in [0.1, 0.15) is 22.5 Å². The zero-order chi connectivity index (χ0) is 21.5. The molecule has 2 heterocycles. The molecular formula is C21H20FN3O3S2. The molecule has 0 saturated heterocycles. The molecular weight excluding hydrogens is 425 g/mol. The number of aryl methyl sites for hydroxylation is 1. The van der Waals surface area contributed by atoms with Gasteiger partial charge in [0.1, 0.15) is 11.5 Å². The highest BCUT2D eigenvalue weighted by atomic mass is 32.2. The quantitative estimate of drug-likeness (QED) is 0.572. The number of rotatable bonds is 4. The molecule has 0 bridgehead atoms. The Morgan fingerprint density at radius 3 is 2.57 bits per heavy atom. The summed E-state index contributed by atoms with van der Waals surface area (Å²) in [7, 11) is -3.32. The van der Waals surface area contributed by atoms with E-state index in [1.165, 1.54) is 42.4 Å². The lowest BCUT2D eigenvalue weighted by Gasteiger charge is -2.30. The van der Waals surface area contributed by atoms with E-state index in [2.05, 4.69) is 4.98 Å². The molecule has 0 fully saturated rings. The van der Waals surface area contributed by atoms with Crippen LogP contribution in [0.15, 0.2) is 58.7 Å². The number of benzene rings is 2. The van der Waals surface area contributed by atoms with Crippen molar-refractivity contribution in [2.45, 2.75) is 22.9 Å². The summed E-state index contributed by atoms with van der Waals surface area (Å²) in [5.41, 5.74) is 2.55. The third-order valence-corrected chi connectivity index (χ3v) is 6.82. The van der Waals surface area contributed by atoms with Gasteiger partial charge in [0.05, 0.1) is 11.1 Å². The molecule has 156 valence electrons. The second-order valence-electron chi connectivity index (χ2n) is 7.06. The summed E-state index contributed by atoms with van der Waals surface area (Å²) in [5, 5.41) is 0.620. The first kappa shape index (κ1) is 20.6. The van der Waals surface area contributed by atoms with Crippen molar-refractivity contribution >= 4 is 33.2 Å². The summed E-state index contributed by atoms with van der Waals surface area (Å²) in [5.74, 6) is -0.593. The number of thioether (sulfide) groups is 1. The molecule has 1 aromatic heterocycles. The molecule has 1 aliphatic rings. The minimum absolute atomic E-state index is 0.236. The van der Waals surface area contributed by atoms with Gasteiger partial charge in [-0.3, -0.25) is 9.36 Å². The molecule has 4 rings (SSSR count). The molecule has 0 radical (unpaired) electrons. The van der Waals surface area contributed by atoms with Crippen LogP contribution >= 0.6 is 11.8 Å². The lowest BCUT2D eigenvalue weighted by Crippen LogP contribution is -2.36. The van der Waals surface area contributed by atoms with Crippen LogP contribution in [0.2, 0.25) is 0 Å². The predicted octanol–water partition coefficient (Wildman–Crippen LogP) is 3.73. The van der Waals surface area contributed by atoms with Gasteiger partial charge in [0.15, 0.2) is 15.0 Å². The Hall–Kier alpha value is -2.65. The topological polar surface area (TPSA) is 72.3 Å². The van der Waals surface area contributed by atoms with E-state index in [-0.39, 0.29) is 16.6 Å². The molecule has 1 amide bonds. The number of fused-ring (bicyclic) bond motifs is 1. The molecule has 0 N–H and O–H groups in total. The maximum atomic E-state index is 13.5. The number of anilines is 1. The lowest BCUT2D eigenvalue weighted by molar-refractivity contribution is 0.0978. The number of nitrogens with zero attached hydrogens (tertiary/aromatic N) is 3. The number of imidazole rings is 1. The zero-order valence-electron chi connectivity index (χ0n) is 16.5. The van der Waals surface area contributed by atoms with E-state index < -0.39 is 9.84 Å². The van der Waals surface area contributed by atoms with Crippen molar-refractivity contribution in [1.29, 1.82) is 0 Å². The van der Waals surface area contributed by atoms with Crippen LogP contribution in [-0.4, -0.2) is 42.9 Å². The van der Waals surface area contributed by atoms with Crippen LogP contribution in [0.25, 0.3) is 5.69 Å². The highest BCUT2D eigenvalue weighted by molar-refractivity contribution is 7.98. The monoisotopic (exact) mass is 445 g/mol. The van der Waals surface area contributed by atoms with Crippen LogP contribution in [0.4, 0.5) is 10.1 Å². The molecule has 1 aliphatic heterocycles. The van der Waals surface area contributed by atoms with Crippen molar-refractivity contribution < 1.29 is 17.6 Å². The Bertz CT molecular complexity index is 1220. The number of aromatic nitrogens is 2. The first-order valence-corrected chi connectivity index (χ1v) is 12.4. The Morgan fingerprint density at radius 1 is 1.17 bits per heavy atom. The molecule has 6 nitrogen and oxygen atoms in total. The van der Waals surface area contributed by atoms with Gasteiger partial charge in [-0.25, -0.2) is 17.8 Å². The summed E-state index contributed by atoms with van der Waals surface area (Å²) in [6.45, 7) is 0.521. The Kier molecular flexibility index (Phi) is 5.42. The van der Waals surface area contributed by atoms with Gasteiger partial charge in [0, 0.05) is 24.2 Å². The van der Waals surface area contributed by atoms with E-state index in [9.17, 15) is 17.6 Å². The average Bonchev–Trinajstić information content (AvgIpc) is 3.16. The smallest absolute Gasteiger partial charge is 0.276 e. The van der Waals surface area contributed by atoms with Crippen LogP contribution in [-0.2, 0) is 16.3 Å². The molecule has 0 saturated carbocycles. The molecule has 9 heteroatoms. The lowest BCUT2D eigenvalue weighted by atomic mass is 10.0. The Balaban J connectivity index is 1.77. The van der Waals surface area contributed by atoms with Gasteiger partial charge in [-0.05, 0) is 67.1 Å². The van der Waals surface area contributed by atoms with Gasteiger partial charge < -0.3 is 4.90 Å². The fourth-order valence-corrected chi connectivity index (χ4v) is 4.84. The third-order valence-electron chi connectivity index (χ3n) is 5.06. The van der Waals surface area contributed by atoms with Gasteiger partial charge in [-0.15, -0.1) is 0 Å². The number of halogens is 1. The Morgan fingerprint density at radius 2 is 1.90 bits per heavy atom. The second kappa shape index (κ2) is 7.88. The van der Waals surface area contributed by atoms with Crippen molar-refractivity contribution in [3.05, 3.63) is 65.7 Å². The summed E-state index contributed by atoms with van der Waals surface area (Å²) in [4.78, 5) is 19.8. The van der Waals surface area contributed by atoms with E-state index in [4.69, 9.17) is 0 Å². The van der Waals surface area contributed by atoms with E-state index >= 15 is 0 Å². The maximum absolute atomic E-state index is 13.5. The van der Waals surface area contributed by atoms with Crippen molar-refractivity contribution in [3.63, 3.8) is 0 Å². The molecule has 30 heavy (non-hydrogen) atoms. The van der Waals surface area contributed by atoms with Gasteiger partial charge in [0.25, 0.3) is 5.91 Å². The van der Waals surface area contributed by atoms with Gasteiger partial charge in [0.2, 0.25) is 0 Å². The van der Waals surface area contributed by atoms with Crippen molar-refractivity contribution in [3.8, 4) is 5.69 Å². The number of sulfone groups is 1. The zero-order valence-corrected chi connectivity index (χ0v) is 18.1. The minimum Gasteiger partial charge on any atom is -0.307 e.